The second-order valence-electron chi connectivity index (χ2n) is 4.17. The van der Waals surface area contributed by atoms with Crippen molar-refractivity contribution in [2.75, 3.05) is 12.8 Å². The topological polar surface area (TPSA) is 61.5 Å². The highest BCUT2D eigenvalue weighted by Gasteiger charge is 2.13. The van der Waals surface area contributed by atoms with Crippen molar-refractivity contribution in [2.24, 2.45) is 0 Å². The van der Waals surface area contributed by atoms with Gasteiger partial charge >= 0.3 is 5.97 Å². The van der Waals surface area contributed by atoms with Gasteiger partial charge in [0.1, 0.15) is 23.7 Å². The Balaban J connectivity index is 2.20. The van der Waals surface area contributed by atoms with Crippen molar-refractivity contribution in [3.05, 3.63) is 59.4 Å². The molecular formula is C15H14FNO3. The van der Waals surface area contributed by atoms with Crippen LogP contribution in [-0.2, 0) is 11.3 Å². The van der Waals surface area contributed by atoms with Crippen LogP contribution < -0.4 is 10.5 Å². The number of methoxy groups -OCH3 is 1. The van der Waals surface area contributed by atoms with E-state index in [9.17, 15) is 9.18 Å². The molecule has 104 valence electrons. The van der Waals surface area contributed by atoms with E-state index in [0.29, 0.717) is 17.0 Å². The quantitative estimate of drug-likeness (QED) is 0.688. The van der Waals surface area contributed by atoms with Crippen LogP contribution in [0.2, 0.25) is 0 Å². The first-order valence-electron chi connectivity index (χ1n) is 5.95. The van der Waals surface area contributed by atoms with Crippen LogP contribution in [0, 0.1) is 5.82 Å². The Hall–Kier alpha value is -2.56. The van der Waals surface area contributed by atoms with E-state index >= 15 is 0 Å². The minimum Gasteiger partial charge on any atom is -0.488 e. The molecule has 0 spiro atoms. The van der Waals surface area contributed by atoms with Gasteiger partial charge in [-0.25, -0.2) is 9.18 Å². The number of ether oxygens (including phenoxy) is 2. The monoisotopic (exact) mass is 275 g/mol. The number of carbonyl (C=O) groups excluding carboxylic acids is 1. The summed E-state index contributed by atoms with van der Waals surface area (Å²) in [6.07, 6.45) is 0. The average Bonchev–Trinajstić information content (AvgIpc) is 2.44. The summed E-state index contributed by atoms with van der Waals surface area (Å²) in [5, 5.41) is 0. The van der Waals surface area contributed by atoms with Crippen LogP contribution in [0.4, 0.5) is 10.1 Å². The maximum Gasteiger partial charge on any atom is 0.341 e. The number of anilines is 1. The van der Waals surface area contributed by atoms with Crippen LogP contribution in [0.25, 0.3) is 0 Å². The van der Waals surface area contributed by atoms with Gasteiger partial charge in [-0.2, -0.15) is 0 Å². The van der Waals surface area contributed by atoms with Gasteiger partial charge in [0.25, 0.3) is 0 Å². The Labute approximate surface area is 115 Å². The second-order valence-corrected chi connectivity index (χ2v) is 4.17. The van der Waals surface area contributed by atoms with Gasteiger partial charge in [0.05, 0.1) is 7.11 Å². The smallest absolute Gasteiger partial charge is 0.341 e. The number of carbonyl (C=O) groups is 1. The van der Waals surface area contributed by atoms with E-state index in [0.717, 1.165) is 0 Å². The molecular weight excluding hydrogens is 261 g/mol. The summed E-state index contributed by atoms with van der Waals surface area (Å²) in [7, 11) is 1.29. The van der Waals surface area contributed by atoms with Crippen LogP contribution in [0.3, 0.4) is 0 Å². The SMILES string of the molecule is COC(=O)c1ccc(N)cc1OCc1cccc(F)c1. The number of halogens is 1. The molecule has 0 bridgehead atoms. The molecule has 0 amide bonds. The van der Waals surface area contributed by atoms with E-state index in [2.05, 4.69) is 4.74 Å². The number of benzene rings is 2. The van der Waals surface area contributed by atoms with Crippen molar-refractivity contribution in [3.63, 3.8) is 0 Å². The molecule has 20 heavy (non-hydrogen) atoms. The molecule has 0 saturated carbocycles. The van der Waals surface area contributed by atoms with Crippen molar-refractivity contribution < 1.29 is 18.7 Å². The van der Waals surface area contributed by atoms with Crippen LogP contribution in [-0.4, -0.2) is 13.1 Å². The highest BCUT2D eigenvalue weighted by atomic mass is 19.1. The van der Waals surface area contributed by atoms with Gasteiger partial charge in [0.15, 0.2) is 0 Å². The molecule has 0 saturated heterocycles. The molecule has 2 rings (SSSR count). The highest BCUT2D eigenvalue weighted by Crippen LogP contribution is 2.23. The van der Waals surface area contributed by atoms with Crippen molar-refractivity contribution in [1.82, 2.24) is 0 Å². The van der Waals surface area contributed by atoms with Crippen LogP contribution in [0.1, 0.15) is 15.9 Å². The molecule has 2 N–H and O–H groups in total. The molecule has 2 aromatic carbocycles. The summed E-state index contributed by atoms with van der Waals surface area (Å²) in [6.45, 7) is 0.130. The molecule has 2 aromatic rings. The predicted octanol–water partition coefficient (Wildman–Crippen LogP) is 2.77. The Morgan fingerprint density at radius 2 is 2.05 bits per heavy atom. The summed E-state index contributed by atoms with van der Waals surface area (Å²) in [6, 6.07) is 10.7. The highest BCUT2D eigenvalue weighted by molar-refractivity contribution is 5.93. The third-order valence-electron chi connectivity index (χ3n) is 2.69. The van der Waals surface area contributed by atoms with Gasteiger partial charge in [-0.1, -0.05) is 12.1 Å². The fraction of sp³-hybridized carbons (Fsp3) is 0.133. The second kappa shape index (κ2) is 6.06. The molecule has 5 heteroatoms. The zero-order valence-corrected chi connectivity index (χ0v) is 10.9. The number of nitrogens with two attached hydrogens (primary N) is 1. The first kappa shape index (κ1) is 13.9. The van der Waals surface area contributed by atoms with Crippen LogP contribution in [0.5, 0.6) is 5.75 Å². The van der Waals surface area contributed by atoms with Gasteiger partial charge in [-0.15, -0.1) is 0 Å². The first-order chi connectivity index (χ1) is 9.60. The lowest BCUT2D eigenvalue weighted by Crippen LogP contribution is -2.06. The summed E-state index contributed by atoms with van der Waals surface area (Å²) in [5.41, 5.74) is 7.07. The third kappa shape index (κ3) is 3.26. The molecule has 0 heterocycles. The van der Waals surface area contributed by atoms with Crippen molar-refractivity contribution >= 4 is 11.7 Å². The van der Waals surface area contributed by atoms with Crippen LogP contribution in [0.15, 0.2) is 42.5 Å². The normalized spacial score (nSPS) is 10.1. The third-order valence-corrected chi connectivity index (χ3v) is 2.69. The Kier molecular flexibility index (Phi) is 4.20. The molecule has 0 aliphatic heterocycles. The van der Waals surface area contributed by atoms with Gasteiger partial charge in [-0.3, -0.25) is 0 Å². The predicted molar refractivity (Wildman–Crippen MR) is 72.9 cm³/mol. The minimum atomic E-state index is -0.515. The molecule has 0 radical (unpaired) electrons. The fourth-order valence-electron chi connectivity index (χ4n) is 1.72. The van der Waals surface area contributed by atoms with Crippen molar-refractivity contribution in [1.29, 1.82) is 0 Å². The van der Waals surface area contributed by atoms with E-state index < -0.39 is 5.97 Å². The summed E-state index contributed by atoms with van der Waals surface area (Å²) in [4.78, 5) is 11.6. The lowest BCUT2D eigenvalue weighted by Gasteiger charge is -2.11. The maximum absolute atomic E-state index is 13.1. The number of nitrogen functional groups attached to an aromatic ring is 1. The maximum atomic E-state index is 13.1. The Bertz CT molecular complexity index is 628. The molecule has 0 aliphatic rings. The van der Waals surface area contributed by atoms with Gasteiger partial charge in [-0.05, 0) is 29.8 Å². The molecule has 0 fully saturated rings. The molecule has 4 nitrogen and oxygen atoms in total. The molecule has 0 unspecified atom stereocenters. The standard InChI is InChI=1S/C15H14FNO3/c1-19-15(18)13-6-5-12(17)8-14(13)20-9-10-3-2-4-11(16)7-10/h2-8H,9,17H2,1H3. The fourth-order valence-corrected chi connectivity index (χ4v) is 1.72. The Morgan fingerprint density at radius 1 is 1.25 bits per heavy atom. The number of rotatable bonds is 4. The van der Waals surface area contributed by atoms with E-state index in [1.54, 1.807) is 18.2 Å². The lowest BCUT2D eigenvalue weighted by atomic mass is 10.2. The van der Waals surface area contributed by atoms with E-state index in [-0.39, 0.29) is 18.0 Å². The van der Waals surface area contributed by atoms with E-state index in [1.807, 2.05) is 0 Å². The van der Waals surface area contributed by atoms with Gasteiger partial charge in [0.2, 0.25) is 0 Å². The van der Waals surface area contributed by atoms with Crippen molar-refractivity contribution in [3.8, 4) is 5.75 Å². The van der Waals surface area contributed by atoms with E-state index in [4.69, 9.17) is 10.5 Å². The average molecular weight is 275 g/mol. The molecule has 0 atom stereocenters. The first-order valence-corrected chi connectivity index (χ1v) is 5.95. The zero-order valence-electron chi connectivity index (χ0n) is 10.9. The minimum absolute atomic E-state index is 0.130. The van der Waals surface area contributed by atoms with E-state index in [1.165, 1.54) is 31.4 Å². The zero-order chi connectivity index (χ0) is 14.5. The summed E-state index contributed by atoms with van der Waals surface area (Å²) >= 11 is 0. The number of hydrogen-bond acceptors (Lipinski definition) is 4. The lowest BCUT2D eigenvalue weighted by molar-refractivity contribution is 0.0595. The number of hydrogen-bond donors (Lipinski definition) is 1. The summed E-state index contributed by atoms with van der Waals surface area (Å²) in [5.74, 6) is -0.549. The molecule has 0 aromatic heterocycles. The van der Waals surface area contributed by atoms with Crippen LogP contribution >= 0.6 is 0 Å². The van der Waals surface area contributed by atoms with Gasteiger partial charge in [0, 0.05) is 11.8 Å². The summed E-state index contributed by atoms with van der Waals surface area (Å²) < 4.78 is 23.3. The Morgan fingerprint density at radius 3 is 2.75 bits per heavy atom. The number of esters is 1. The van der Waals surface area contributed by atoms with Crippen molar-refractivity contribution in [2.45, 2.75) is 6.61 Å². The van der Waals surface area contributed by atoms with Gasteiger partial charge < -0.3 is 15.2 Å². The largest absolute Gasteiger partial charge is 0.488 e. The molecule has 0 aliphatic carbocycles.